The van der Waals surface area contributed by atoms with E-state index in [0.717, 1.165) is 18.8 Å². The summed E-state index contributed by atoms with van der Waals surface area (Å²) in [5.74, 6) is 2.30. The predicted molar refractivity (Wildman–Crippen MR) is 84.9 cm³/mol. The average Bonchev–Trinajstić information content (AvgIpc) is 2.96. The van der Waals surface area contributed by atoms with Gasteiger partial charge in [0.15, 0.2) is 6.61 Å². The minimum Gasteiger partial charge on any atom is -0.471 e. The summed E-state index contributed by atoms with van der Waals surface area (Å²) in [6.07, 6.45) is 4.43. The lowest BCUT2D eigenvalue weighted by atomic mass is 9.72. The van der Waals surface area contributed by atoms with E-state index in [1.54, 1.807) is 0 Å². The second kappa shape index (κ2) is 6.16. The van der Waals surface area contributed by atoms with Crippen LogP contribution < -0.4 is 15.4 Å². The Bertz CT molecular complexity index is 633. The van der Waals surface area contributed by atoms with Crippen LogP contribution in [-0.4, -0.2) is 53.1 Å². The molecule has 5 rings (SSSR count). The lowest BCUT2D eigenvalue weighted by molar-refractivity contribution is 0.0189. The van der Waals surface area contributed by atoms with Crippen molar-refractivity contribution in [3.63, 3.8) is 0 Å². The Morgan fingerprint density at radius 1 is 1.38 bits per heavy atom. The maximum Gasteiger partial charge on any atom is 0.272 e. The standard InChI is InChI=1S/C16H21F2N5O/c17-12(18)8-24-15-7-14(19-10-20-15)21-13-1-4-16(22-13)9-23-5-2-11(16)3-6-23/h1,7,10-12,22H,2-6,8-9H2,(H,19,20,21)/t16-/m0/s1. The lowest BCUT2D eigenvalue weighted by Crippen LogP contribution is -2.64. The first-order valence-electron chi connectivity index (χ1n) is 8.34. The van der Waals surface area contributed by atoms with E-state index < -0.39 is 13.0 Å². The highest BCUT2D eigenvalue weighted by Crippen LogP contribution is 2.41. The van der Waals surface area contributed by atoms with E-state index in [2.05, 4.69) is 31.6 Å². The first kappa shape index (κ1) is 15.6. The molecule has 4 aliphatic heterocycles. The second-order valence-electron chi connectivity index (χ2n) is 6.72. The zero-order chi connectivity index (χ0) is 16.6. The van der Waals surface area contributed by atoms with Crippen molar-refractivity contribution >= 4 is 5.82 Å². The molecule has 0 aromatic carbocycles. The SMILES string of the molecule is FC(F)COc1cc(NC2=CC[C@@]3(CN4CCC3CC4)N2)ncn1. The largest absolute Gasteiger partial charge is 0.471 e. The molecular formula is C16H21F2N5O. The van der Waals surface area contributed by atoms with Crippen LogP contribution in [0.4, 0.5) is 14.6 Å². The minimum absolute atomic E-state index is 0.126. The van der Waals surface area contributed by atoms with Gasteiger partial charge in [-0.05, 0) is 44.3 Å². The number of halogens is 2. The van der Waals surface area contributed by atoms with Crippen LogP contribution in [0, 0.1) is 5.92 Å². The zero-order valence-electron chi connectivity index (χ0n) is 13.3. The molecule has 24 heavy (non-hydrogen) atoms. The van der Waals surface area contributed by atoms with Crippen molar-refractivity contribution in [2.75, 3.05) is 31.6 Å². The molecule has 3 fully saturated rings. The fraction of sp³-hybridized carbons (Fsp3) is 0.625. The Hall–Kier alpha value is -1.96. The van der Waals surface area contributed by atoms with Gasteiger partial charge in [0.05, 0.1) is 5.54 Å². The molecule has 2 N–H and O–H groups in total. The molecule has 5 heterocycles. The number of aromatic nitrogens is 2. The number of rotatable bonds is 5. The Balaban J connectivity index is 1.39. The number of hydrogen-bond donors (Lipinski definition) is 2. The fourth-order valence-electron chi connectivity index (χ4n) is 4.05. The number of anilines is 1. The molecule has 1 aromatic heterocycles. The molecule has 1 atom stereocenters. The minimum atomic E-state index is -2.52. The summed E-state index contributed by atoms with van der Waals surface area (Å²) < 4.78 is 29.4. The van der Waals surface area contributed by atoms with Crippen LogP contribution in [0.5, 0.6) is 5.88 Å². The highest BCUT2D eigenvalue weighted by molar-refractivity contribution is 5.44. The smallest absolute Gasteiger partial charge is 0.272 e. The third-order valence-electron chi connectivity index (χ3n) is 5.19. The molecule has 8 heteroatoms. The van der Waals surface area contributed by atoms with Gasteiger partial charge in [0.2, 0.25) is 5.88 Å². The first-order valence-corrected chi connectivity index (χ1v) is 8.34. The summed E-state index contributed by atoms with van der Waals surface area (Å²) in [7, 11) is 0. The fourth-order valence-corrected chi connectivity index (χ4v) is 4.05. The molecular weight excluding hydrogens is 316 g/mol. The van der Waals surface area contributed by atoms with Crippen molar-refractivity contribution < 1.29 is 13.5 Å². The average molecular weight is 337 g/mol. The summed E-state index contributed by atoms with van der Waals surface area (Å²) in [6, 6.07) is 1.53. The van der Waals surface area contributed by atoms with Crippen molar-refractivity contribution in [2.24, 2.45) is 5.92 Å². The van der Waals surface area contributed by atoms with Crippen LogP contribution in [0.3, 0.4) is 0 Å². The molecule has 6 nitrogen and oxygen atoms in total. The number of piperidine rings is 3. The van der Waals surface area contributed by atoms with Gasteiger partial charge in [-0.3, -0.25) is 0 Å². The predicted octanol–water partition coefficient (Wildman–Crippen LogP) is 1.83. The third-order valence-corrected chi connectivity index (χ3v) is 5.19. The van der Waals surface area contributed by atoms with Crippen molar-refractivity contribution in [2.45, 2.75) is 31.2 Å². The first-order chi connectivity index (χ1) is 11.6. The van der Waals surface area contributed by atoms with Gasteiger partial charge in [-0.2, -0.15) is 0 Å². The Morgan fingerprint density at radius 3 is 2.92 bits per heavy atom. The maximum absolute atomic E-state index is 12.2. The summed E-state index contributed by atoms with van der Waals surface area (Å²) in [6.45, 7) is 2.81. The van der Waals surface area contributed by atoms with Gasteiger partial charge in [0.1, 0.15) is 18.0 Å². The van der Waals surface area contributed by atoms with Gasteiger partial charge >= 0.3 is 0 Å². The number of hydrogen-bond acceptors (Lipinski definition) is 6. The summed E-state index contributed by atoms with van der Waals surface area (Å²) in [5.41, 5.74) is 0.126. The summed E-state index contributed by atoms with van der Waals surface area (Å²) in [4.78, 5) is 10.5. The normalized spacial score (nSPS) is 31.2. The zero-order valence-corrected chi connectivity index (χ0v) is 13.3. The van der Waals surface area contributed by atoms with Crippen LogP contribution in [0.2, 0.25) is 0 Å². The summed E-state index contributed by atoms with van der Waals surface area (Å²) >= 11 is 0. The molecule has 2 bridgehead atoms. The molecule has 0 saturated carbocycles. The highest BCUT2D eigenvalue weighted by Gasteiger charge is 2.48. The van der Waals surface area contributed by atoms with Gasteiger partial charge in [-0.15, -0.1) is 0 Å². The van der Waals surface area contributed by atoms with E-state index in [-0.39, 0.29) is 11.4 Å². The van der Waals surface area contributed by atoms with Crippen molar-refractivity contribution in [1.82, 2.24) is 20.2 Å². The lowest BCUT2D eigenvalue weighted by Gasteiger charge is -2.52. The Kier molecular flexibility index (Phi) is 3.99. The monoisotopic (exact) mass is 337 g/mol. The topological polar surface area (TPSA) is 62.3 Å². The number of ether oxygens (including phenoxy) is 1. The Labute approximate surface area is 139 Å². The molecule has 130 valence electrons. The van der Waals surface area contributed by atoms with Crippen molar-refractivity contribution in [3.05, 3.63) is 24.3 Å². The molecule has 0 amide bonds. The molecule has 0 unspecified atom stereocenters. The second-order valence-corrected chi connectivity index (χ2v) is 6.72. The van der Waals surface area contributed by atoms with E-state index in [9.17, 15) is 8.78 Å². The van der Waals surface area contributed by atoms with E-state index in [4.69, 9.17) is 4.74 Å². The number of fused-ring (bicyclic) bond motifs is 2. The molecule has 0 aliphatic carbocycles. The van der Waals surface area contributed by atoms with E-state index in [1.165, 1.54) is 38.3 Å². The maximum atomic E-state index is 12.2. The summed E-state index contributed by atoms with van der Waals surface area (Å²) in [5, 5.41) is 6.86. The molecule has 4 aliphatic rings. The van der Waals surface area contributed by atoms with Crippen molar-refractivity contribution in [3.8, 4) is 5.88 Å². The number of nitrogens with one attached hydrogen (secondary N) is 2. The quantitative estimate of drug-likeness (QED) is 0.855. The van der Waals surface area contributed by atoms with Crippen LogP contribution in [0.15, 0.2) is 24.3 Å². The van der Waals surface area contributed by atoms with E-state index in [1.807, 2.05) is 0 Å². The van der Waals surface area contributed by atoms with Crippen LogP contribution in [-0.2, 0) is 0 Å². The van der Waals surface area contributed by atoms with Gasteiger partial charge in [0.25, 0.3) is 6.43 Å². The van der Waals surface area contributed by atoms with E-state index in [0.29, 0.717) is 11.7 Å². The molecule has 1 aromatic rings. The molecule has 1 spiro atoms. The van der Waals surface area contributed by atoms with Gasteiger partial charge in [-0.1, -0.05) is 0 Å². The van der Waals surface area contributed by atoms with Gasteiger partial charge in [0, 0.05) is 12.6 Å². The van der Waals surface area contributed by atoms with Crippen molar-refractivity contribution in [1.29, 1.82) is 0 Å². The highest BCUT2D eigenvalue weighted by atomic mass is 19.3. The number of alkyl halides is 2. The van der Waals surface area contributed by atoms with Gasteiger partial charge in [-0.25, -0.2) is 18.7 Å². The molecule has 3 saturated heterocycles. The van der Waals surface area contributed by atoms with Crippen LogP contribution in [0.1, 0.15) is 19.3 Å². The van der Waals surface area contributed by atoms with Crippen LogP contribution >= 0.6 is 0 Å². The van der Waals surface area contributed by atoms with Gasteiger partial charge < -0.3 is 20.3 Å². The Morgan fingerprint density at radius 2 is 2.21 bits per heavy atom. The van der Waals surface area contributed by atoms with Crippen LogP contribution in [0.25, 0.3) is 0 Å². The van der Waals surface area contributed by atoms with E-state index >= 15 is 0 Å². The third kappa shape index (κ3) is 3.02. The number of nitrogens with zero attached hydrogens (tertiary/aromatic N) is 3. The molecule has 0 radical (unpaired) electrons.